The number of nitro groups is 1. The van der Waals surface area contributed by atoms with Gasteiger partial charge in [0.25, 0.3) is 5.69 Å². The van der Waals surface area contributed by atoms with Crippen molar-refractivity contribution >= 4 is 17.3 Å². The predicted octanol–water partition coefficient (Wildman–Crippen LogP) is 3.74. The van der Waals surface area contributed by atoms with Gasteiger partial charge in [-0.2, -0.15) is 5.10 Å². The maximum atomic E-state index is 11.9. The summed E-state index contributed by atoms with van der Waals surface area (Å²) in [6.45, 7) is 1.96. The number of nitrogens with one attached hydrogen (secondary N) is 1. The third kappa shape index (κ3) is 3.79. The molecule has 0 fully saturated rings. The van der Waals surface area contributed by atoms with Gasteiger partial charge >= 0.3 is 5.97 Å². The largest absolute Gasteiger partial charge is 0.465 e. The minimum absolute atomic E-state index is 0.0972. The first-order valence-electron chi connectivity index (χ1n) is 8.23. The van der Waals surface area contributed by atoms with E-state index in [1.165, 1.54) is 19.2 Å². The molecule has 1 heterocycles. The molecule has 8 nitrogen and oxygen atoms in total. The van der Waals surface area contributed by atoms with Crippen LogP contribution in [0.4, 0.5) is 11.4 Å². The summed E-state index contributed by atoms with van der Waals surface area (Å²) >= 11 is 0. The topological polar surface area (TPSA) is 99.3 Å². The molecule has 0 aliphatic heterocycles. The number of hydrogen-bond acceptors (Lipinski definition) is 6. The summed E-state index contributed by atoms with van der Waals surface area (Å²) in [4.78, 5) is 22.4. The number of rotatable bonds is 6. The molecule has 8 heteroatoms. The molecule has 3 aromatic rings. The zero-order chi connectivity index (χ0) is 19.4. The fraction of sp³-hybridized carbons (Fsp3) is 0.158. The van der Waals surface area contributed by atoms with E-state index in [0.717, 1.165) is 11.3 Å². The number of carbonyl (C=O) groups excluding carboxylic acids is 1. The van der Waals surface area contributed by atoms with Crippen LogP contribution < -0.4 is 5.32 Å². The number of nitro benzene ring substituents is 1. The standard InChI is InChI=1S/C19H18N4O4/c1-13(15-6-3-4-7-17(15)22-11-5-10-20-22)21-14-8-9-18(23(25)26)16(12-14)19(24)27-2/h3-13,21H,1-2H3. The number of esters is 1. The van der Waals surface area contributed by atoms with Crippen LogP contribution in [0.15, 0.2) is 60.9 Å². The lowest BCUT2D eigenvalue weighted by atomic mass is 10.0. The zero-order valence-corrected chi connectivity index (χ0v) is 14.8. The Balaban J connectivity index is 1.92. The molecule has 0 bridgehead atoms. The average Bonchev–Trinajstić information content (AvgIpc) is 3.21. The number of nitrogens with zero attached hydrogens (tertiary/aromatic N) is 3. The van der Waals surface area contributed by atoms with Crippen molar-refractivity contribution in [3.05, 3.63) is 82.2 Å². The van der Waals surface area contributed by atoms with Crippen LogP contribution in [0.2, 0.25) is 0 Å². The average molecular weight is 366 g/mol. The quantitative estimate of drug-likeness (QED) is 0.405. The fourth-order valence-electron chi connectivity index (χ4n) is 2.86. The van der Waals surface area contributed by atoms with Crippen LogP contribution in [0.25, 0.3) is 5.69 Å². The number of anilines is 1. The monoisotopic (exact) mass is 366 g/mol. The fourth-order valence-corrected chi connectivity index (χ4v) is 2.86. The summed E-state index contributed by atoms with van der Waals surface area (Å²) in [5.74, 6) is -0.755. The lowest BCUT2D eigenvalue weighted by molar-refractivity contribution is -0.385. The molecule has 1 aromatic heterocycles. The third-order valence-electron chi connectivity index (χ3n) is 4.14. The van der Waals surface area contributed by atoms with E-state index in [4.69, 9.17) is 0 Å². The van der Waals surface area contributed by atoms with Crippen molar-refractivity contribution in [2.24, 2.45) is 0 Å². The highest BCUT2D eigenvalue weighted by molar-refractivity contribution is 5.95. The van der Waals surface area contributed by atoms with Crippen LogP contribution in [0, 0.1) is 10.1 Å². The van der Waals surface area contributed by atoms with E-state index in [0.29, 0.717) is 5.69 Å². The van der Waals surface area contributed by atoms with Gasteiger partial charge in [0.05, 0.1) is 23.8 Å². The Bertz CT molecular complexity index is 970. The predicted molar refractivity (Wildman–Crippen MR) is 100 cm³/mol. The van der Waals surface area contributed by atoms with Crippen molar-refractivity contribution in [3.63, 3.8) is 0 Å². The van der Waals surface area contributed by atoms with Gasteiger partial charge in [-0.15, -0.1) is 0 Å². The Kier molecular flexibility index (Phi) is 5.16. The maximum Gasteiger partial charge on any atom is 0.344 e. The van der Waals surface area contributed by atoms with Gasteiger partial charge < -0.3 is 10.1 Å². The van der Waals surface area contributed by atoms with Crippen LogP contribution in [-0.2, 0) is 4.74 Å². The summed E-state index contributed by atoms with van der Waals surface area (Å²) in [5.41, 5.74) is 2.08. The molecule has 0 saturated heterocycles. The Morgan fingerprint density at radius 2 is 2.04 bits per heavy atom. The molecule has 1 unspecified atom stereocenters. The van der Waals surface area contributed by atoms with E-state index in [9.17, 15) is 14.9 Å². The van der Waals surface area contributed by atoms with E-state index < -0.39 is 10.9 Å². The minimum atomic E-state index is -0.755. The number of hydrogen-bond donors (Lipinski definition) is 1. The second-order valence-corrected chi connectivity index (χ2v) is 5.86. The maximum absolute atomic E-state index is 11.9. The third-order valence-corrected chi connectivity index (χ3v) is 4.14. The summed E-state index contributed by atoms with van der Waals surface area (Å²) in [6, 6.07) is 13.8. The first-order valence-corrected chi connectivity index (χ1v) is 8.23. The lowest BCUT2D eigenvalue weighted by Crippen LogP contribution is -2.12. The molecule has 0 amide bonds. The molecular weight excluding hydrogens is 348 g/mol. The van der Waals surface area contributed by atoms with Crippen LogP contribution >= 0.6 is 0 Å². The van der Waals surface area contributed by atoms with Crippen molar-refractivity contribution in [3.8, 4) is 5.69 Å². The number of methoxy groups -OCH3 is 1. The normalized spacial score (nSPS) is 11.6. The summed E-state index contributed by atoms with van der Waals surface area (Å²) in [6.07, 6.45) is 3.56. The minimum Gasteiger partial charge on any atom is -0.465 e. The molecule has 27 heavy (non-hydrogen) atoms. The van der Waals surface area contributed by atoms with Crippen molar-refractivity contribution in [2.45, 2.75) is 13.0 Å². The van der Waals surface area contributed by atoms with E-state index in [1.54, 1.807) is 16.9 Å². The van der Waals surface area contributed by atoms with Crippen molar-refractivity contribution in [2.75, 3.05) is 12.4 Å². The SMILES string of the molecule is COC(=O)c1cc(NC(C)c2ccccc2-n2cccn2)ccc1[N+](=O)[O-]. The molecule has 1 atom stereocenters. The molecule has 0 aliphatic carbocycles. The van der Waals surface area contributed by atoms with Gasteiger partial charge in [-0.25, -0.2) is 9.48 Å². The highest BCUT2D eigenvalue weighted by Crippen LogP contribution is 2.28. The Morgan fingerprint density at radius 1 is 1.26 bits per heavy atom. The lowest BCUT2D eigenvalue weighted by Gasteiger charge is -2.19. The van der Waals surface area contributed by atoms with E-state index in [2.05, 4.69) is 15.2 Å². The molecule has 0 spiro atoms. The van der Waals surface area contributed by atoms with Gasteiger partial charge in [0.1, 0.15) is 5.56 Å². The first-order chi connectivity index (χ1) is 13.0. The molecule has 3 rings (SSSR count). The van der Waals surface area contributed by atoms with Gasteiger partial charge in [0.15, 0.2) is 0 Å². The Hall–Kier alpha value is -3.68. The van der Waals surface area contributed by atoms with Crippen LogP contribution in [0.1, 0.15) is 28.9 Å². The van der Waals surface area contributed by atoms with Gasteiger partial charge in [-0.1, -0.05) is 18.2 Å². The van der Waals surface area contributed by atoms with Crippen molar-refractivity contribution in [1.82, 2.24) is 9.78 Å². The summed E-state index contributed by atoms with van der Waals surface area (Å²) in [7, 11) is 1.19. The molecule has 0 aliphatic rings. The van der Waals surface area contributed by atoms with Gasteiger partial charge in [0.2, 0.25) is 0 Å². The number of aromatic nitrogens is 2. The smallest absolute Gasteiger partial charge is 0.344 e. The van der Waals surface area contributed by atoms with Crippen molar-refractivity contribution in [1.29, 1.82) is 0 Å². The van der Waals surface area contributed by atoms with Crippen LogP contribution in [0.5, 0.6) is 0 Å². The highest BCUT2D eigenvalue weighted by Gasteiger charge is 2.22. The second kappa shape index (κ2) is 7.69. The molecule has 2 aromatic carbocycles. The molecular formula is C19H18N4O4. The summed E-state index contributed by atoms with van der Waals surface area (Å²) < 4.78 is 6.42. The number of para-hydroxylation sites is 1. The van der Waals surface area contributed by atoms with E-state index in [-0.39, 0.29) is 17.3 Å². The highest BCUT2D eigenvalue weighted by atomic mass is 16.6. The Morgan fingerprint density at radius 3 is 2.70 bits per heavy atom. The molecule has 0 radical (unpaired) electrons. The molecule has 1 N–H and O–H groups in total. The van der Waals surface area contributed by atoms with Gasteiger partial charge in [-0.3, -0.25) is 10.1 Å². The second-order valence-electron chi connectivity index (χ2n) is 5.86. The van der Waals surface area contributed by atoms with Crippen LogP contribution in [-0.4, -0.2) is 27.8 Å². The summed E-state index contributed by atoms with van der Waals surface area (Å²) in [5, 5.41) is 18.7. The van der Waals surface area contributed by atoms with Crippen molar-refractivity contribution < 1.29 is 14.5 Å². The number of ether oxygens (including phenoxy) is 1. The number of carbonyl (C=O) groups is 1. The molecule has 0 saturated carbocycles. The number of benzene rings is 2. The van der Waals surface area contributed by atoms with Gasteiger partial charge in [-0.05, 0) is 36.8 Å². The first kappa shape index (κ1) is 18.1. The van der Waals surface area contributed by atoms with Gasteiger partial charge in [0, 0.05) is 24.1 Å². The van der Waals surface area contributed by atoms with E-state index >= 15 is 0 Å². The molecule has 138 valence electrons. The zero-order valence-electron chi connectivity index (χ0n) is 14.8. The van der Waals surface area contributed by atoms with Crippen LogP contribution in [0.3, 0.4) is 0 Å². The van der Waals surface area contributed by atoms with E-state index in [1.807, 2.05) is 43.5 Å². The Labute approximate surface area is 155 Å².